The largest absolute Gasteiger partial charge is 0.481 e. The van der Waals surface area contributed by atoms with Gasteiger partial charge in [0.2, 0.25) is 5.91 Å². The first-order valence-corrected chi connectivity index (χ1v) is 6.19. The highest BCUT2D eigenvalue weighted by Crippen LogP contribution is 2.39. The highest BCUT2D eigenvalue weighted by molar-refractivity contribution is 5.98. The number of hydrogen-bond acceptors (Lipinski definition) is 3. The molecule has 0 radical (unpaired) electrons. The Kier molecular flexibility index (Phi) is 4.25. The van der Waals surface area contributed by atoms with Crippen molar-refractivity contribution in [2.75, 3.05) is 5.32 Å². The van der Waals surface area contributed by atoms with Gasteiger partial charge in [0.15, 0.2) is 0 Å². The summed E-state index contributed by atoms with van der Waals surface area (Å²) in [6, 6.07) is 4.55. The third-order valence-corrected chi connectivity index (χ3v) is 3.05. The lowest BCUT2D eigenvalue weighted by atomic mass is 10.2. The first-order chi connectivity index (χ1) is 10.2. The molecule has 5 nitrogen and oxygen atoms in total. The summed E-state index contributed by atoms with van der Waals surface area (Å²) in [5.41, 5.74) is 0.0450. The van der Waals surface area contributed by atoms with Gasteiger partial charge in [-0.15, -0.1) is 0 Å². The van der Waals surface area contributed by atoms with Crippen LogP contribution in [0.2, 0.25) is 0 Å². The number of carboxylic acid groups (broad SMARTS) is 1. The Morgan fingerprint density at radius 1 is 1.32 bits per heavy atom. The SMILES string of the molecule is O=C(Nc1cccc(OC(F)(F)C(F)F)c1)[C@H]1C[C@H]1C(=O)O. The van der Waals surface area contributed by atoms with Gasteiger partial charge in [-0.05, 0) is 18.6 Å². The third kappa shape index (κ3) is 3.66. The van der Waals surface area contributed by atoms with E-state index >= 15 is 0 Å². The number of alkyl halides is 4. The molecule has 0 heterocycles. The van der Waals surface area contributed by atoms with Gasteiger partial charge < -0.3 is 15.2 Å². The molecule has 0 aromatic heterocycles. The Hall–Kier alpha value is -2.32. The highest BCUT2D eigenvalue weighted by Gasteiger charge is 2.48. The number of carbonyl (C=O) groups is 2. The van der Waals surface area contributed by atoms with Crippen molar-refractivity contribution in [1.82, 2.24) is 0 Å². The van der Waals surface area contributed by atoms with Gasteiger partial charge in [0.1, 0.15) is 5.75 Å². The van der Waals surface area contributed by atoms with Crippen molar-refractivity contribution in [1.29, 1.82) is 0 Å². The molecular weight excluding hydrogens is 310 g/mol. The smallest absolute Gasteiger partial charge is 0.461 e. The van der Waals surface area contributed by atoms with Gasteiger partial charge in [-0.1, -0.05) is 6.07 Å². The maximum atomic E-state index is 12.8. The molecule has 1 aliphatic rings. The Morgan fingerprint density at radius 2 is 2.00 bits per heavy atom. The van der Waals surface area contributed by atoms with E-state index in [4.69, 9.17) is 5.11 Å². The summed E-state index contributed by atoms with van der Waals surface area (Å²) in [6.45, 7) is 0. The molecule has 0 saturated heterocycles. The summed E-state index contributed by atoms with van der Waals surface area (Å²) in [4.78, 5) is 22.4. The molecule has 22 heavy (non-hydrogen) atoms. The average molecular weight is 321 g/mol. The number of rotatable bonds is 6. The number of carboxylic acids is 1. The summed E-state index contributed by atoms with van der Waals surface area (Å²) >= 11 is 0. The van der Waals surface area contributed by atoms with E-state index in [1.807, 2.05) is 0 Å². The molecular formula is C13H11F4NO4. The van der Waals surface area contributed by atoms with Crippen LogP contribution in [0, 0.1) is 11.8 Å². The van der Waals surface area contributed by atoms with Crippen molar-refractivity contribution in [3.63, 3.8) is 0 Å². The van der Waals surface area contributed by atoms with Gasteiger partial charge in [0.05, 0.1) is 11.8 Å². The minimum Gasteiger partial charge on any atom is -0.481 e. The lowest BCUT2D eigenvalue weighted by Crippen LogP contribution is -2.33. The van der Waals surface area contributed by atoms with Crippen LogP contribution < -0.4 is 10.1 Å². The fourth-order valence-electron chi connectivity index (χ4n) is 1.83. The number of aliphatic carboxylic acids is 1. The van der Waals surface area contributed by atoms with Crippen LogP contribution in [-0.2, 0) is 9.59 Å². The summed E-state index contributed by atoms with van der Waals surface area (Å²) in [7, 11) is 0. The van der Waals surface area contributed by atoms with Crippen molar-refractivity contribution >= 4 is 17.6 Å². The first kappa shape index (κ1) is 16.1. The van der Waals surface area contributed by atoms with E-state index in [0.29, 0.717) is 0 Å². The Labute approximate surface area is 121 Å². The number of amides is 1. The molecule has 1 amide bonds. The number of nitrogens with one attached hydrogen (secondary N) is 1. The van der Waals surface area contributed by atoms with Crippen molar-refractivity contribution in [2.45, 2.75) is 19.0 Å². The maximum absolute atomic E-state index is 12.8. The van der Waals surface area contributed by atoms with Crippen LogP contribution in [0.25, 0.3) is 0 Å². The molecule has 1 aliphatic carbocycles. The van der Waals surface area contributed by atoms with Crippen LogP contribution in [0.4, 0.5) is 23.2 Å². The zero-order chi connectivity index (χ0) is 16.5. The second kappa shape index (κ2) is 5.82. The summed E-state index contributed by atoms with van der Waals surface area (Å²) in [5, 5.41) is 11.0. The Morgan fingerprint density at radius 3 is 2.55 bits per heavy atom. The molecule has 1 aromatic rings. The lowest BCUT2D eigenvalue weighted by molar-refractivity contribution is -0.253. The predicted molar refractivity (Wildman–Crippen MR) is 65.9 cm³/mol. The molecule has 0 spiro atoms. The van der Waals surface area contributed by atoms with Gasteiger partial charge in [0, 0.05) is 11.8 Å². The normalized spacial score (nSPS) is 20.6. The molecule has 1 aromatic carbocycles. The number of halogens is 4. The number of benzene rings is 1. The highest BCUT2D eigenvalue weighted by atomic mass is 19.3. The lowest BCUT2D eigenvalue weighted by Gasteiger charge is -2.17. The second-order valence-electron chi connectivity index (χ2n) is 4.77. The number of hydrogen-bond donors (Lipinski definition) is 2. The van der Waals surface area contributed by atoms with Crippen LogP contribution in [-0.4, -0.2) is 29.5 Å². The van der Waals surface area contributed by atoms with Gasteiger partial charge in [-0.3, -0.25) is 9.59 Å². The predicted octanol–water partition coefficient (Wildman–Crippen LogP) is 2.58. The van der Waals surface area contributed by atoms with Gasteiger partial charge in [-0.2, -0.15) is 17.6 Å². The molecule has 2 atom stereocenters. The monoisotopic (exact) mass is 321 g/mol. The molecule has 120 valence electrons. The van der Waals surface area contributed by atoms with E-state index in [0.717, 1.165) is 12.1 Å². The molecule has 2 rings (SSSR count). The summed E-state index contributed by atoms with van der Waals surface area (Å²) in [5.74, 6) is -3.67. The van der Waals surface area contributed by atoms with Gasteiger partial charge in [0.25, 0.3) is 0 Å². The molecule has 1 fully saturated rings. The molecule has 0 aliphatic heterocycles. The minimum atomic E-state index is -4.65. The van der Waals surface area contributed by atoms with E-state index < -0.39 is 42.0 Å². The summed E-state index contributed by atoms with van der Waals surface area (Å²) in [6.07, 6.45) is -8.44. The van der Waals surface area contributed by atoms with Crippen LogP contribution >= 0.6 is 0 Å². The van der Waals surface area contributed by atoms with Crippen LogP contribution in [0.15, 0.2) is 24.3 Å². The second-order valence-corrected chi connectivity index (χ2v) is 4.77. The van der Waals surface area contributed by atoms with Crippen molar-refractivity contribution < 1.29 is 37.0 Å². The minimum absolute atomic E-state index is 0.0450. The number of ether oxygens (including phenoxy) is 1. The van der Waals surface area contributed by atoms with Crippen molar-refractivity contribution in [2.24, 2.45) is 11.8 Å². The quantitative estimate of drug-likeness (QED) is 0.790. The van der Waals surface area contributed by atoms with Crippen LogP contribution in [0.1, 0.15) is 6.42 Å². The Balaban J connectivity index is 2.00. The molecule has 0 unspecified atom stereocenters. The van der Waals surface area contributed by atoms with Crippen LogP contribution in [0.3, 0.4) is 0 Å². The van der Waals surface area contributed by atoms with E-state index in [9.17, 15) is 27.2 Å². The topological polar surface area (TPSA) is 75.6 Å². The third-order valence-electron chi connectivity index (χ3n) is 3.05. The van der Waals surface area contributed by atoms with E-state index in [2.05, 4.69) is 10.1 Å². The molecule has 2 N–H and O–H groups in total. The fourth-order valence-corrected chi connectivity index (χ4v) is 1.83. The van der Waals surface area contributed by atoms with Crippen LogP contribution in [0.5, 0.6) is 5.75 Å². The zero-order valence-electron chi connectivity index (χ0n) is 10.9. The maximum Gasteiger partial charge on any atom is 0.461 e. The average Bonchev–Trinajstić information content (AvgIpc) is 3.18. The molecule has 9 heteroatoms. The summed E-state index contributed by atoms with van der Waals surface area (Å²) < 4.78 is 53.5. The Bertz CT molecular complexity index is 593. The first-order valence-electron chi connectivity index (χ1n) is 6.19. The van der Waals surface area contributed by atoms with E-state index in [-0.39, 0.29) is 12.1 Å². The van der Waals surface area contributed by atoms with Gasteiger partial charge >= 0.3 is 18.5 Å². The molecule has 1 saturated carbocycles. The standard InChI is InChI=1S/C13H11F4NO4/c14-12(15)13(16,17)22-7-3-1-2-6(4-7)18-10(19)8-5-9(8)11(20)21/h1-4,8-9,12H,5H2,(H,18,19)(H,20,21)/t8-,9+/m0/s1. The van der Waals surface area contributed by atoms with Crippen molar-refractivity contribution in [3.05, 3.63) is 24.3 Å². The fraction of sp³-hybridized carbons (Fsp3) is 0.385. The van der Waals surface area contributed by atoms with Crippen molar-refractivity contribution in [3.8, 4) is 5.75 Å². The number of anilines is 1. The zero-order valence-corrected chi connectivity index (χ0v) is 10.9. The van der Waals surface area contributed by atoms with Gasteiger partial charge in [-0.25, -0.2) is 0 Å². The van der Waals surface area contributed by atoms with E-state index in [1.54, 1.807) is 0 Å². The molecule has 0 bridgehead atoms. The van der Waals surface area contributed by atoms with E-state index in [1.165, 1.54) is 12.1 Å². The number of carbonyl (C=O) groups excluding carboxylic acids is 1.